The Kier molecular flexibility index (Phi) is 4.99. The number of hydrogen-bond donors (Lipinski definition) is 2. The first-order valence-corrected chi connectivity index (χ1v) is 8.02. The minimum Gasteiger partial charge on any atom is -0.478 e. The second kappa shape index (κ2) is 7.53. The van der Waals surface area contributed by atoms with Crippen molar-refractivity contribution in [3.05, 3.63) is 89.5 Å². The molecule has 0 radical (unpaired) electrons. The molecule has 3 aromatic rings. The lowest BCUT2D eigenvalue weighted by Gasteiger charge is -2.13. The van der Waals surface area contributed by atoms with Crippen LogP contribution in [0.2, 0.25) is 0 Å². The van der Waals surface area contributed by atoms with Gasteiger partial charge in [-0.15, -0.1) is 0 Å². The molecule has 130 valence electrons. The summed E-state index contributed by atoms with van der Waals surface area (Å²) in [5, 5.41) is 12.0. The zero-order valence-corrected chi connectivity index (χ0v) is 14.1. The van der Waals surface area contributed by atoms with Crippen molar-refractivity contribution in [1.82, 2.24) is 0 Å². The van der Waals surface area contributed by atoms with Crippen LogP contribution in [0, 0.1) is 6.92 Å². The number of carbonyl (C=O) groups excluding carboxylic acids is 1. The molecule has 0 aliphatic carbocycles. The van der Waals surface area contributed by atoms with Crippen molar-refractivity contribution in [3.63, 3.8) is 0 Å². The van der Waals surface area contributed by atoms with Crippen LogP contribution in [0.15, 0.2) is 72.8 Å². The number of carboxylic acid groups (broad SMARTS) is 1. The van der Waals surface area contributed by atoms with E-state index in [0.29, 0.717) is 17.1 Å². The second-order valence-corrected chi connectivity index (χ2v) is 5.70. The Bertz CT molecular complexity index is 951. The van der Waals surface area contributed by atoms with Crippen LogP contribution in [-0.4, -0.2) is 17.0 Å². The Morgan fingerprint density at radius 3 is 2.31 bits per heavy atom. The normalized spacial score (nSPS) is 10.2. The van der Waals surface area contributed by atoms with E-state index in [1.807, 2.05) is 31.2 Å². The minimum absolute atomic E-state index is 0.00795. The van der Waals surface area contributed by atoms with Crippen LogP contribution in [0.5, 0.6) is 11.5 Å². The first-order chi connectivity index (χ1) is 12.5. The summed E-state index contributed by atoms with van der Waals surface area (Å²) in [7, 11) is 0. The van der Waals surface area contributed by atoms with Crippen LogP contribution >= 0.6 is 0 Å². The SMILES string of the molecule is Cc1ccccc1Oc1ccc(C(=O)O)c(NC(=O)c2ccccc2)c1. The average molecular weight is 347 g/mol. The number of anilines is 1. The predicted molar refractivity (Wildman–Crippen MR) is 99.0 cm³/mol. The van der Waals surface area contributed by atoms with Gasteiger partial charge in [0.15, 0.2) is 0 Å². The van der Waals surface area contributed by atoms with Crippen LogP contribution in [0.1, 0.15) is 26.3 Å². The molecular weight excluding hydrogens is 330 g/mol. The zero-order valence-electron chi connectivity index (χ0n) is 14.1. The van der Waals surface area contributed by atoms with Crippen molar-refractivity contribution in [2.75, 3.05) is 5.32 Å². The third-order valence-corrected chi connectivity index (χ3v) is 3.83. The highest BCUT2D eigenvalue weighted by molar-refractivity contribution is 6.07. The van der Waals surface area contributed by atoms with E-state index in [1.54, 1.807) is 36.4 Å². The van der Waals surface area contributed by atoms with E-state index in [1.165, 1.54) is 12.1 Å². The summed E-state index contributed by atoms with van der Waals surface area (Å²) >= 11 is 0. The maximum atomic E-state index is 12.4. The number of nitrogens with one attached hydrogen (secondary N) is 1. The second-order valence-electron chi connectivity index (χ2n) is 5.70. The summed E-state index contributed by atoms with van der Waals surface area (Å²) in [5.74, 6) is -0.416. The molecule has 5 heteroatoms. The third kappa shape index (κ3) is 3.89. The number of ether oxygens (including phenoxy) is 1. The van der Waals surface area contributed by atoms with Crippen LogP contribution in [0.3, 0.4) is 0 Å². The van der Waals surface area contributed by atoms with Gasteiger partial charge in [-0.3, -0.25) is 4.79 Å². The fourth-order valence-corrected chi connectivity index (χ4v) is 2.46. The van der Waals surface area contributed by atoms with Crippen molar-refractivity contribution in [2.24, 2.45) is 0 Å². The van der Waals surface area contributed by atoms with E-state index < -0.39 is 5.97 Å². The van der Waals surface area contributed by atoms with Crippen LogP contribution in [0.4, 0.5) is 5.69 Å². The van der Waals surface area contributed by atoms with Crippen molar-refractivity contribution >= 4 is 17.6 Å². The lowest BCUT2D eigenvalue weighted by Crippen LogP contribution is -2.14. The van der Waals surface area contributed by atoms with E-state index in [9.17, 15) is 14.7 Å². The molecule has 3 aromatic carbocycles. The minimum atomic E-state index is -1.13. The molecule has 0 heterocycles. The van der Waals surface area contributed by atoms with Gasteiger partial charge in [-0.2, -0.15) is 0 Å². The summed E-state index contributed by atoms with van der Waals surface area (Å²) in [6, 6.07) is 20.6. The number of benzene rings is 3. The maximum Gasteiger partial charge on any atom is 0.337 e. The van der Waals surface area contributed by atoms with Gasteiger partial charge in [0.1, 0.15) is 11.5 Å². The molecule has 0 aliphatic heterocycles. The summed E-state index contributed by atoms with van der Waals surface area (Å²) in [4.78, 5) is 23.8. The number of carboxylic acids is 1. The summed E-state index contributed by atoms with van der Waals surface area (Å²) in [6.07, 6.45) is 0. The number of rotatable bonds is 5. The maximum absolute atomic E-state index is 12.4. The summed E-state index contributed by atoms with van der Waals surface area (Å²) < 4.78 is 5.83. The molecule has 0 unspecified atom stereocenters. The number of aromatic carboxylic acids is 1. The highest BCUT2D eigenvalue weighted by Crippen LogP contribution is 2.29. The van der Waals surface area contributed by atoms with Crippen molar-refractivity contribution < 1.29 is 19.4 Å². The van der Waals surface area contributed by atoms with Gasteiger partial charge < -0.3 is 15.2 Å². The first-order valence-electron chi connectivity index (χ1n) is 8.02. The molecule has 0 aliphatic rings. The average Bonchev–Trinajstić information content (AvgIpc) is 2.64. The monoisotopic (exact) mass is 347 g/mol. The van der Waals surface area contributed by atoms with E-state index in [4.69, 9.17) is 4.74 Å². The van der Waals surface area contributed by atoms with Gasteiger partial charge >= 0.3 is 5.97 Å². The van der Waals surface area contributed by atoms with Crippen LogP contribution < -0.4 is 10.1 Å². The molecule has 0 bridgehead atoms. The third-order valence-electron chi connectivity index (χ3n) is 3.83. The van der Waals surface area contributed by atoms with Crippen molar-refractivity contribution in [2.45, 2.75) is 6.92 Å². The van der Waals surface area contributed by atoms with Crippen LogP contribution in [-0.2, 0) is 0 Å². The largest absolute Gasteiger partial charge is 0.478 e. The number of amides is 1. The standard InChI is InChI=1S/C21H17NO4/c1-14-7-5-6-10-19(14)26-16-11-12-17(21(24)25)18(13-16)22-20(23)15-8-3-2-4-9-15/h2-13H,1H3,(H,22,23)(H,24,25). The molecule has 0 fully saturated rings. The predicted octanol–water partition coefficient (Wildman–Crippen LogP) is 4.74. The van der Waals surface area contributed by atoms with Crippen LogP contribution in [0.25, 0.3) is 0 Å². The highest BCUT2D eigenvalue weighted by atomic mass is 16.5. The molecule has 0 spiro atoms. The molecule has 0 aromatic heterocycles. The molecule has 3 rings (SSSR count). The molecule has 0 saturated carbocycles. The molecular formula is C21H17NO4. The zero-order chi connectivity index (χ0) is 18.5. The lowest BCUT2D eigenvalue weighted by molar-refractivity contribution is 0.0698. The number of aryl methyl sites for hydroxylation is 1. The molecule has 2 N–H and O–H groups in total. The van der Waals surface area contributed by atoms with Crippen molar-refractivity contribution in [1.29, 1.82) is 0 Å². The Balaban J connectivity index is 1.91. The van der Waals surface area contributed by atoms with Gasteiger partial charge in [-0.25, -0.2) is 4.79 Å². The lowest BCUT2D eigenvalue weighted by atomic mass is 10.1. The number of hydrogen-bond acceptors (Lipinski definition) is 3. The molecule has 26 heavy (non-hydrogen) atoms. The number of carbonyl (C=O) groups is 2. The summed E-state index contributed by atoms with van der Waals surface area (Å²) in [6.45, 7) is 1.92. The van der Waals surface area contributed by atoms with Crippen molar-refractivity contribution in [3.8, 4) is 11.5 Å². The van der Waals surface area contributed by atoms with Gasteiger partial charge in [-0.05, 0) is 42.8 Å². The van der Waals surface area contributed by atoms with Gasteiger partial charge in [0, 0.05) is 11.6 Å². The molecule has 0 atom stereocenters. The Hall–Kier alpha value is -3.60. The van der Waals surface area contributed by atoms with Gasteiger partial charge in [0.05, 0.1) is 11.3 Å². The van der Waals surface area contributed by atoms with Gasteiger partial charge in [0.25, 0.3) is 5.91 Å². The van der Waals surface area contributed by atoms with Gasteiger partial charge in [-0.1, -0.05) is 36.4 Å². The quantitative estimate of drug-likeness (QED) is 0.699. The molecule has 0 saturated heterocycles. The fourth-order valence-electron chi connectivity index (χ4n) is 2.46. The Labute approximate surface area is 150 Å². The van der Waals surface area contributed by atoms with E-state index in [-0.39, 0.29) is 17.2 Å². The smallest absolute Gasteiger partial charge is 0.337 e. The van der Waals surface area contributed by atoms with Gasteiger partial charge in [0.2, 0.25) is 0 Å². The fraction of sp³-hybridized carbons (Fsp3) is 0.0476. The first kappa shape index (κ1) is 17.2. The summed E-state index contributed by atoms with van der Waals surface area (Å²) in [5.41, 5.74) is 1.56. The van der Waals surface area contributed by atoms with E-state index in [0.717, 1.165) is 5.56 Å². The Morgan fingerprint density at radius 2 is 1.62 bits per heavy atom. The van der Waals surface area contributed by atoms with E-state index >= 15 is 0 Å². The Morgan fingerprint density at radius 1 is 0.923 bits per heavy atom. The number of para-hydroxylation sites is 1. The highest BCUT2D eigenvalue weighted by Gasteiger charge is 2.15. The molecule has 5 nitrogen and oxygen atoms in total. The molecule has 1 amide bonds. The topological polar surface area (TPSA) is 75.6 Å². The van der Waals surface area contributed by atoms with E-state index in [2.05, 4.69) is 5.32 Å².